The van der Waals surface area contributed by atoms with Crippen LogP contribution >= 0.6 is 34.8 Å². The van der Waals surface area contributed by atoms with E-state index in [1.54, 1.807) is 0 Å². The van der Waals surface area contributed by atoms with Crippen molar-refractivity contribution in [1.29, 1.82) is 0 Å². The van der Waals surface area contributed by atoms with Crippen LogP contribution in [-0.4, -0.2) is 147 Å². The maximum Gasteiger partial charge on any atom is 0.330 e. The summed E-state index contributed by atoms with van der Waals surface area (Å²) in [7, 11) is 0. The monoisotopic (exact) mass is 1390 g/mol. The van der Waals surface area contributed by atoms with Crippen LogP contribution in [-0.2, 0) is 44.7 Å². The third kappa shape index (κ3) is 13.0. The fraction of sp³-hybridized carbons (Fsp3) is 0.234. The number of carbonyl (C=O) groups excluding carboxylic acids is 6. The molecule has 0 radical (unpaired) electrons. The van der Waals surface area contributed by atoms with E-state index in [-0.39, 0.29) is 61.0 Å². The Morgan fingerprint density at radius 3 is 1.77 bits per heavy atom. The van der Waals surface area contributed by atoms with Gasteiger partial charge in [-0.25, -0.2) is 4.79 Å². The molecule has 7 heterocycles. The quantitative estimate of drug-likeness (QED) is 0.120. The average molecular weight is 1400 g/mol. The summed E-state index contributed by atoms with van der Waals surface area (Å²) in [5, 5.41) is 136. The molecule has 0 aliphatic carbocycles. The molecule has 6 amide bonds. The van der Waals surface area contributed by atoms with Gasteiger partial charge in [-0.1, -0.05) is 53.0 Å². The number of fused-ring (bicyclic) bond motifs is 14. The van der Waals surface area contributed by atoms with E-state index in [4.69, 9.17) is 64.2 Å². The molecule has 504 valence electrons. The highest BCUT2D eigenvalue weighted by atomic mass is 35.5. The average Bonchev–Trinajstić information content (AvgIpc) is 0.763. The molecule has 14 rings (SSSR count). The number of carbonyl (C=O) groups is 7. The summed E-state index contributed by atoms with van der Waals surface area (Å²) in [5.41, 5.74) is 3.68. The number of aliphatic hydroxyl groups is 5. The first-order valence-corrected chi connectivity index (χ1v) is 30.3. The minimum Gasteiger partial charge on any atom is -0.508 e. The zero-order valence-corrected chi connectivity index (χ0v) is 51.6. The molecule has 0 saturated carbocycles. The summed E-state index contributed by atoms with van der Waals surface area (Å²) in [6, 6.07) is 5.40. The second-order valence-corrected chi connectivity index (χ2v) is 24.2. The Bertz CT molecular complexity index is 4450. The van der Waals surface area contributed by atoms with Gasteiger partial charge in [0.2, 0.25) is 47.5 Å². The van der Waals surface area contributed by atoms with Gasteiger partial charge in [0.1, 0.15) is 107 Å². The highest BCUT2D eigenvalue weighted by Crippen LogP contribution is 2.49. The van der Waals surface area contributed by atoms with Crippen molar-refractivity contribution in [1.82, 2.24) is 31.9 Å². The number of hydrogen-bond acceptors (Lipinski definition) is 23. The molecule has 7 aromatic carbocycles. The molecule has 1 fully saturated rings. The Kier molecular flexibility index (Phi) is 18.1. The minimum atomic E-state index is -2.28. The van der Waals surface area contributed by atoms with E-state index in [1.165, 1.54) is 42.5 Å². The van der Waals surface area contributed by atoms with Crippen molar-refractivity contribution in [2.45, 2.75) is 85.5 Å². The Morgan fingerprint density at radius 2 is 1.12 bits per heavy atom. The molecule has 0 spiro atoms. The summed E-state index contributed by atoms with van der Waals surface area (Å²) in [5.74, 6) is -16.3. The van der Waals surface area contributed by atoms with Crippen LogP contribution in [0.25, 0.3) is 11.1 Å². The molecule has 13 atom stereocenters. The van der Waals surface area contributed by atoms with Crippen molar-refractivity contribution in [2.75, 3.05) is 6.61 Å². The number of aliphatic hydroxyl groups excluding tert-OH is 5. The number of rotatable bonds is 4. The fourth-order valence-electron chi connectivity index (χ4n) is 11.6. The number of nitrogens with two attached hydrogens (primary N) is 1. The first-order chi connectivity index (χ1) is 46.1. The van der Waals surface area contributed by atoms with Crippen LogP contribution in [0.4, 0.5) is 0 Å². The largest absolute Gasteiger partial charge is 0.508 e. The number of hydrogen-bond donors (Lipinski definition) is 18. The lowest BCUT2D eigenvalue weighted by atomic mass is 9.89. The van der Waals surface area contributed by atoms with Crippen molar-refractivity contribution in [3.63, 3.8) is 0 Å². The summed E-state index contributed by atoms with van der Waals surface area (Å²) in [4.78, 5) is 105. The van der Waals surface area contributed by atoms with Gasteiger partial charge < -0.3 is 117 Å². The van der Waals surface area contributed by atoms with Crippen LogP contribution in [0.2, 0.25) is 15.1 Å². The molecule has 1 saturated heterocycles. The van der Waals surface area contributed by atoms with E-state index in [0.717, 1.165) is 66.7 Å². The standard InChI is InChI=1S/C64H54Cl3N7O23/c65-32-7-21-1-4-37(32)94-41-15-26-16-42(53(41)81)95-38-5-3-23(12-33(38)66)51(79)50-62(90)73-49(63(91)92)30-18-28(77)19-36(78)44(30)31-11-25(13-34(67)52(31)80)47(61(89)74-50)71-60(88)48(26)72-59(87)46-24-9-27(76)17-29(10-24)93-40-14-22(45(68)58(86)69-35(8-21)57(85)70-46)2-6-39(40)96-64-56(84)55(83)54(82)43(20-75)97-64/h1-7,9-19,35,43,45-51,54-56,64,75-84H,8,20,68H2,(H,69,86)(H,70,85)(H,71,88)(H,72,87)(H,73,90)(H,74,89)(H,91,92). The number of carboxylic acid groups (broad SMARTS) is 1. The molecule has 97 heavy (non-hydrogen) atoms. The Hall–Kier alpha value is -10.4. The Balaban J connectivity index is 1.06. The zero-order valence-electron chi connectivity index (χ0n) is 49.3. The molecule has 17 bridgehead atoms. The van der Waals surface area contributed by atoms with Gasteiger partial charge in [-0.3, -0.25) is 28.8 Å². The smallest absolute Gasteiger partial charge is 0.330 e. The zero-order chi connectivity index (χ0) is 69.3. The third-order valence-electron chi connectivity index (χ3n) is 16.6. The Labute approximate surface area is 560 Å². The number of nitrogens with one attached hydrogen (secondary N) is 6. The van der Waals surface area contributed by atoms with Crippen molar-refractivity contribution in [2.24, 2.45) is 5.73 Å². The SMILES string of the molecule is NC1C(=O)NC2Cc3ccc(c(Cl)c3)Oc3cc4cc(c3O)Oc3ccc(cc3Cl)C(O)C3NC(=O)C(NC(=O)C4NC(=O)C(NC2=O)c2cc(O)cc(c2)Oc2cc1ccc2OC1OC(CO)C(O)C(O)C1O)c1cc(Cl)c(O)c(c1)-c1c(O)cc(O)cc1C(C(=O)O)NC3=O. The molecule has 7 aliphatic heterocycles. The number of benzene rings is 7. The van der Waals surface area contributed by atoms with Gasteiger partial charge in [0.05, 0.1) is 21.7 Å². The molecule has 0 aromatic heterocycles. The summed E-state index contributed by atoms with van der Waals surface area (Å²) in [6.45, 7) is -0.834. The van der Waals surface area contributed by atoms with Crippen LogP contribution in [0.15, 0.2) is 109 Å². The van der Waals surface area contributed by atoms with Crippen molar-refractivity contribution in [3.05, 3.63) is 163 Å². The van der Waals surface area contributed by atoms with E-state index < -0.39 is 207 Å². The first kappa shape index (κ1) is 66.6. The lowest BCUT2D eigenvalue weighted by Gasteiger charge is -2.39. The van der Waals surface area contributed by atoms with Gasteiger partial charge in [0, 0.05) is 35.2 Å². The first-order valence-electron chi connectivity index (χ1n) is 29.1. The van der Waals surface area contributed by atoms with Gasteiger partial charge in [-0.05, 0) is 112 Å². The number of carboxylic acids is 1. The lowest BCUT2D eigenvalue weighted by molar-refractivity contribution is -0.277. The van der Waals surface area contributed by atoms with Crippen LogP contribution < -0.4 is 56.6 Å². The van der Waals surface area contributed by atoms with Crippen molar-refractivity contribution >= 4 is 76.2 Å². The van der Waals surface area contributed by atoms with E-state index in [2.05, 4.69) is 31.9 Å². The maximum atomic E-state index is 15.9. The molecule has 30 nitrogen and oxygen atoms in total. The van der Waals surface area contributed by atoms with Gasteiger partial charge in [-0.2, -0.15) is 0 Å². The molecular weight excluding hydrogens is 1340 g/mol. The van der Waals surface area contributed by atoms with Gasteiger partial charge in [0.25, 0.3) is 0 Å². The van der Waals surface area contributed by atoms with Gasteiger partial charge in [-0.15, -0.1) is 0 Å². The Morgan fingerprint density at radius 1 is 0.536 bits per heavy atom. The number of phenols is 5. The normalized spacial score (nSPS) is 25.6. The lowest BCUT2D eigenvalue weighted by Crippen LogP contribution is -2.60. The van der Waals surface area contributed by atoms with Crippen LogP contribution in [0, 0.1) is 0 Å². The van der Waals surface area contributed by atoms with E-state index >= 15 is 19.2 Å². The molecule has 33 heteroatoms. The molecule has 7 aromatic rings. The second-order valence-electron chi connectivity index (χ2n) is 23.0. The number of phenolic OH excluding ortho intramolecular Hbond substituents is 5. The predicted octanol–water partition coefficient (Wildman–Crippen LogP) is 3.11. The van der Waals surface area contributed by atoms with Crippen LogP contribution in [0.1, 0.15) is 75.3 Å². The van der Waals surface area contributed by atoms with Gasteiger partial charge >= 0.3 is 5.97 Å². The molecule has 13 unspecified atom stereocenters. The minimum absolute atomic E-state index is 0.000431. The van der Waals surface area contributed by atoms with Crippen LogP contribution in [0.3, 0.4) is 0 Å². The number of aromatic hydroxyl groups is 5. The predicted molar refractivity (Wildman–Crippen MR) is 333 cm³/mol. The summed E-state index contributed by atoms with van der Waals surface area (Å²) in [6.07, 6.45) is -11.5. The molecule has 19 N–H and O–H groups in total. The summed E-state index contributed by atoms with van der Waals surface area (Å²) >= 11 is 20.4. The fourth-order valence-corrected chi connectivity index (χ4v) is 12.3. The van der Waals surface area contributed by atoms with E-state index in [9.17, 15) is 70.6 Å². The highest BCUT2D eigenvalue weighted by molar-refractivity contribution is 6.33. The van der Waals surface area contributed by atoms with Gasteiger partial charge in [0.15, 0.2) is 29.0 Å². The topological polar surface area (TPSA) is 486 Å². The maximum absolute atomic E-state index is 15.9. The van der Waals surface area contributed by atoms with Crippen molar-refractivity contribution in [3.8, 4) is 80.1 Å². The number of halogens is 3. The third-order valence-corrected chi connectivity index (χ3v) is 17.5. The molecular formula is C64H54Cl3N7O23. The van der Waals surface area contributed by atoms with E-state index in [1.807, 2.05) is 0 Å². The number of ether oxygens (including phenoxy) is 5. The number of amides is 6. The van der Waals surface area contributed by atoms with Crippen molar-refractivity contribution < 1.29 is 113 Å². The van der Waals surface area contributed by atoms with Crippen LogP contribution in [0.5, 0.6) is 69.0 Å². The van der Waals surface area contributed by atoms with E-state index in [0.29, 0.717) is 0 Å². The highest BCUT2D eigenvalue weighted by Gasteiger charge is 2.46. The summed E-state index contributed by atoms with van der Waals surface area (Å²) < 4.78 is 30.3. The second kappa shape index (κ2) is 26.3. The molecule has 7 aliphatic rings. The number of aliphatic carboxylic acids is 1.